The molecule has 0 fully saturated rings. The molecule has 7 heteroatoms. The summed E-state index contributed by atoms with van der Waals surface area (Å²) in [4.78, 5) is 18.0. The number of oxazole rings is 1. The second kappa shape index (κ2) is 7.13. The van der Waals surface area contributed by atoms with Crippen LogP contribution in [0.4, 0.5) is 16.5 Å². The number of nitrogens with one attached hydrogen (secondary N) is 2. The number of rotatable bonds is 6. The first-order chi connectivity index (χ1) is 10.5. The maximum Gasteiger partial charge on any atom is 0.319 e. The Balaban J connectivity index is 2.00. The first-order valence-corrected chi connectivity index (χ1v) is 7.26. The van der Waals surface area contributed by atoms with Gasteiger partial charge in [-0.15, -0.1) is 0 Å². The number of fused-ring (bicyclic) bond motifs is 1. The van der Waals surface area contributed by atoms with Crippen LogP contribution >= 0.6 is 0 Å². The largest absolute Gasteiger partial charge is 0.423 e. The lowest BCUT2D eigenvalue weighted by Gasteiger charge is -2.13. The summed E-state index contributed by atoms with van der Waals surface area (Å²) in [5.74, 6) is 0. The minimum absolute atomic E-state index is 0.00303. The van der Waals surface area contributed by atoms with E-state index in [1.807, 2.05) is 21.0 Å². The molecule has 1 atom stereocenters. The predicted octanol–water partition coefficient (Wildman–Crippen LogP) is 2.18. The second-order valence-electron chi connectivity index (χ2n) is 5.44. The third-order valence-electron chi connectivity index (χ3n) is 3.19. The fourth-order valence-electron chi connectivity index (χ4n) is 2.04. The monoisotopic (exact) mass is 306 g/mol. The van der Waals surface area contributed by atoms with E-state index in [-0.39, 0.29) is 18.7 Å². The fourth-order valence-corrected chi connectivity index (χ4v) is 2.04. The minimum atomic E-state index is -0.277. The Bertz CT molecular complexity index is 639. The molecule has 0 saturated carbocycles. The van der Waals surface area contributed by atoms with Crippen molar-refractivity contribution in [3.63, 3.8) is 0 Å². The lowest BCUT2D eigenvalue weighted by molar-refractivity contribution is 0.245. The summed E-state index contributed by atoms with van der Waals surface area (Å²) in [6.45, 7) is 2.03. The standard InChI is InChI=1S/C15H22N4O3/c1-10(5-4-8-20)16-14(21)17-11-6-7-13-12(9-11)18-15(22-13)19(2)3/h6-7,9-10,20H,4-5,8H2,1-3H3,(H2,16,17,21). The summed E-state index contributed by atoms with van der Waals surface area (Å²) < 4.78 is 5.56. The highest BCUT2D eigenvalue weighted by atomic mass is 16.4. The van der Waals surface area contributed by atoms with E-state index in [0.29, 0.717) is 29.2 Å². The summed E-state index contributed by atoms with van der Waals surface area (Å²) in [7, 11) is 3.70. The van der Waals surface area contributed by atoms with E-state index in [1.165, 1.54) is 0 Å². The van der Waals surface area contributed by atoms with E-state index in [9.17, 15) is 4.79 Å². The Kier molecular flexibility index (Phi) is 5.21. The number of nitrogens with zero attached hydrogens (tertiary/aromatic N) is 2. The van der Waals surface area contributed by atoms with Crippen molar-refractivity contribution in [2.75, 3.05) is 30.9 Å². The van der Waals surface area contributed by atoms with Gasteiger partial charge in [0.1, 0.15) is 5.52 Å². The SMILES string of the molecule is CC(CCCO)NC(=O)Nc1ccc2oc(N(C)C)nc2c1. The molecule has 0 bridgehead atoms. The number of hydrogen-bond donors (Lipinski definition) is 3. The number of carbonyl (C=O) groups is 1. The van der Waals surface area contributed by atoms with Crippen molar-refractivity contribution in [1.29, 1.82) is 0 Å². The van der Waals surface area contributed by atoms with Gasteiger partial charge in [0.15, 0.2) is 5.58 Å². The zero-order valence-electron chi connectivity index (χ0n) is 13.1. The quantitative estimate of drug-likeness (QED) is 0.761. The van der Waals surface area contributed by atoms with Crippen molar-refractivity contribution >= 4 is 28.8 Å². The molecule has 1 heterocycles. The van der Waals surface area contributed by atoms with E-state index < -0.39 is 0 Å². The van der Waals surface area contributed by atoms with Crippen molar-refractivity contribution in [1.82, 2.24) is 10.3 Å². The van der Waals surface area contributed by atoms with Gasteiger partial charge >= 0.3 is 6.03 Å². The van der Waals surface area contributed by atoms with Crippen molar-refractivity contribution in [3.05, 3.63) is 18.2 Å². The van der Waals surface area contributed by atoms with Crippen LogP contribution in [0.25, 0.3) is 11.1 Å². The molecule has 2 amide bonds. The zero-order chi connectivity index (χ0) is 16.1. The van der Waals surface area contributed by atoms with Crippen molar-refractivity contribution in [3.8, 4) is 0 Å². The molecule has 2 rings (SSSR count). The number of aromatic nitrogens is 1. The second-order valence-corrected chi connectivity index (χ2v) is 5.44. The van der Waals surface area contributed by atoms with Gasteiger partial charge in [-0.2, -0.15) is 4.98 Å². The van der Waals surface area contributed by atoms with Gasteiger partial charge in [0, 0.05) is 32.4 Å². The Labute approximate surface area is 129 Å². The molecule has 22 heavy (non-hydrogen) atoms. The molecule has 0 aliphatic carbocycles. The van der Waals surface area contributed by atoms with Gasteiger partial charge in [-0.1, -0.05) is 0 Å². The van der Waals surface area contributed by atoms with Crippen LogP contribution < -0.4 is 15.5 Å². The topological polar surface area (TPSA) is 90.6 Å². The maximum atomic E-state index is 11.9. The Morgan fingerprint density at radius 1 is 1.45 bits per heavy atom. The lowest BCUT2D eigenvalue weighted by Crippen LogP contribution is -2.36. The molecule has 3 N–H and O–H groups in total. The van der Waals surface area contributed by atoms with Gasteiger partial charge in [-0.3, -0.25) is 0 Å². The third-order valence-corrected chi connectivity index (χ3v) is 3.19. The normalized spacial score (nSPS) is 12.2. The molecule has 120 valence electrons. The molecular formula is C15H22N4O3. The lowest BCUT2D eigenvalue weighted by atomic mass is 10.2. The van der Waals surface area contributed by atoms with Gasteiger partial charge in [0.2, 0.25) is 0 Å². The molecule has 0 spiro atoms. The highest BCUT2D eigenvalue weighted by molar-refractivity contribution is 5.91. The molecule has 1 aromatic heterocycles. The molecule has 7 nitrogen and oxygen atoms in total. The molecule has 1 aromatic carbocycles. The summed E-state index contributed by atoms with van der Waals surface area (Å²) in [5, 5.41) is 14.4. The van der Waals surface area contributed by atoms with Crippen LogP contribution in [0.2, 0.25) is 0 Å². The Morgan fingerprint density at radius 2 is 2.23 bits per heavy atom. The van der Waals surface area contributed by atoms with Crippen LogP contribution in [0.3, 0.4) is 0 Å². The van der Waals surface area contributed by atoms with Gasteiger partial charge in [0.25, 0.3) is 6.01 Å². The highest BCUT2D eigenvalue weighted by Crippen LogP contribution is 2.23. The van der Waals surface area contributed by atoms with E-state index >= 15 is 0 Å². The number of amides is 2. The average Bonchev–Trinajstić information content (AvgIpc) is 2.88. The van der Waals surface area contributed by atoms with E-state index in [4.69, 9.17) is 9.52 Å². The molecule has 0 aliphatic heterocycles. The molecule has 0 aliphatic rings. The summed E-state index contributed by atoms with van der Waals surface area (Å²) in [5.41, 5.74) is 2.01. The van der Waals surface area contributed by atoms with E-state index in [0.717, 1.165) is 6.42 Å². The number of aliphatic hydroxyl groups is 1. The maximum absolute atomic E-state index is 11.9. The summed E-state index contributed by atoms with van der Waals surface area (Å²) in [6, 6.07) is 5.56. The van der Waals surface area contributed by atoms with Crippen molar-refractivity contribution in [2.24, 2.45) is 0 Å². The van der Waals surface area contributed by atoms with Crippen molar-refractivity contribution < 1.29 is 14.3 Å². The molecule has 0 radical (unpaired) electrons. The van der Waals surface area contributed by atoms with E-state index in [2.05, 4.69) is 15.6 Å². The number of aliphatic hydroxyl groups excluding tert-OH is 1. The number of urea groups is 1. The van der Waals surface area contributed by atoms with Crippen molar-refractivity contribution in [2.45, 2.75) is 25.8 Å². The van der Waals surface area contributed by atoms with Crippen LogP contribution in [-0.2, 0) is 0 Å². The zero-order valence-corrected chi connectivity index (χ0v) is 13.1. The number of benzene rings is 1. The van der Waals surface area contributed by atoms with Crippen LogP contribution in [0.15, 0.2) is 22.6 Å². The molecule has 2 aromatic rings. The number of hydrogen-bond acceptors (Lipinski definition) is 5. The molecule has 0 saturated heterocycles. The fraction of sp³-hybridized carbons (Fsp3) is 0.467. The predicted molar refractivity (Wildman–Crippen MR) is 86.3 cm³/mol. The van der Waals surface area contributed by atoms with Gasteiger partial charge in [-0.25, -0.2) is 4.79 Å². The molecular weight excluding hydrogens is 284 g/mol. The van der Waals surface area contributed by atoms with Crippen LogP contribution in [0, 0.1) is 0 Å². The van der Waals surface area contributed by atoms with E-state index in [1.54, 1.807) is 23.1 Å². The third kappa shape index (κ3) is 4.11. The van der Waals surface area contributed by atoms with Gasteiger partial charge < -0.3 is 25.1 Å². The highest BCUT2D eigenvalue weighted by Gasteiger charge is 2.10. The number of anilines is 2. The first-order valence-electron chi connectivity index (χ1n) is 7.26. The van der Waals surface area contributed by atoms with Crippen LogP contribution in [-0.4, -0.2) is 42.9 Å². The van der Waals surface area contributed by atoms with Crippen LogP contribution in [0.5, 0.6) is 0 Å². The summed E-state index contributed by atoms with van der Waals surface area (Å²) >= 11 is 0. The molecule has 1 unspecified atom stereocenters. The average molecular weight is 306 g/mol. The first kappa shape index (κ1) is 16.1. The Morgan fingerprint density at radius 3 is 2.91 bits per heavy atom. The smallest absolute Gasteiger partial charge is 0.319 e. The number of carbonyl (C=O) groups excluding carboxylic acids is 1. The van der Waals surface area contributed by atoms with Crippen LogP contribution in [0.1, 0.15) is 19.8 Å². The summed E-state index contributed by atoms with van der Waals surface area (Å²) in [6.07, 6.45) is 1.40. The minimum Gasteiger partial charge on any atom is -0.423 e. The Hall–Kier alpha value is -2.28. The van der Waals surface area contributed by atoms with Gasteiger partial charge in [0.05, 0.1) is 0 Å². The van der Waals surface area contributed by atoms with Gasteiger partial charge in [-0.05, 0) is 38.0 Å².